The fraction of sp³-hybridized carbons (Fsp3) is 0.533. The predicted molar refractivity (Wildman–Crippen MR) is 80.3 cm³/mol. The molecule has 3 aliphatic rings. The number of nitrogens with zero attached hydrogens (tertiary/aromatic N) is 4. The second-order valence-electron chi connectivity index (χ2n) is 5.68. The number of hydrogen-bond acceptors (Lipinski definition) is 5. The number of rotatable bonds is 3. The van der Waals surface area contributed by atoms with E-state index in [4.69, 9.17) is 4.84 Å². The molecule has 0 fully saturated rings. The zero-order valence-corrected chi connectivity index (χ0v) is 13.0. The van der Waals surface area contributed by atoms with Crippen molar-refractivity contribution in [1.82, 2.24) is 14.9 Å². The summed E-state index contributed by atoms with van der Waals surface area (Å²) in [4.78, 5) is 9.61. The fourth-order valence-electron chi connectivity index (χ4n) is 3.04. The van der Waals surface area contributed by atoms with E-state index < -0.39 is 0 Å². The monoisotopic (exact) mass is 290 g/mol. The summed E-state index contributed by atoms with van der Waals surface area (Å²) in [6.45, 7) is 7.82. The van der Waals surface area contributed by atoms with Crippen LogP contribution in [0.2, 0.25) is 0 Å². The van der Waals surface area contributed by atoms with Crippen molar-refractivity contribution in [2.75, 3.05) is 20.3 Å². The Kier molecular flexibility index (Phi) is 3.41. The van der Waals surface area contributed by atoms with Crippen molar-refractivity contribution >= 4 is 6.21 Å². The van der Waals surface area contributed by atoms with Crippen LogP contribution in [-0.2, 0) is 4.84 Å². The van der Waals surface area contributed by atoms with Gasteiger partial charge in [-0.2, -0.15) is 4.74 Å². The standard InChI is InChI=1S/C15H22N4O2/c1-5-6-16-7-11(2)12(3)14-15(16)18-10-17(21-4)8-13(18)9-19(14)20/h7-9,12H,5-6,10H2,1-4H3. The van der Waals surface area contributed by atoms with Gasteiger partial charge in [0.25, 0.3) is 0 Å². The van der Waals surface area contributed by atoms with Crippen LogP contribution in [0, 0.1) is 11.1 Å². The molecule has 0 radical (unpaired) electrons. The first-order valence-electron chi connectivity index (χ1n) is 7.37. The third kappa shape index (κ3) is 2.10. The third-order valence-corrected chi connectivity index (χ3v) is 4.26. The molecule has 6 heteroatoms. The Morgan fingerprint density at radius 2 is 2.19 bits per heavy atom. The maximum Gasteiger partial charge on any atom is 0.241 e. The van der Waals surface area contributed by atoms with E-state index >= 15 is 0 Å². The molecule has 0 bridgehead atoms. The molecule has 0 N–H and O–H groups in total. The smallest absolute Gasteiger partial charge is 0.241 e. The van der Waals surface area contributed by atoms with Gasteiger partial charge < -0.3 is 10.1 Å². The van der Waals surface area contributed by atoms with Crippen LogP contribution in [0.25, 0.3) is 0 Å². The van der Waals surface area contributed by atoms with E-state index in [1.165, 1.54) is 5.57 Å². The van der Waals surface area contributed by atoms with Crippen molar-refractivity contribution in [2.45, 2.75) is 27.2 Å². The molecule has 0 amide bonds. The fourth-order valence-corrected chi connectivity index (χ4v) is 3.04. The molecule has 3 rings (SSSR count). The van der Waals surface area contributed by atoms with Gasteiger partial charge in [-0.15, -0.1) is 0 Å². The summed E-state index contributed by atoms with van der Waals surface area (Å²) in [5.74, 6) is 1.11. The van der Waals surface area contributed by atoms with Gasteiger partial charge in [-0.05, 0) is 25.8 Å². The second-order valence-corrected chi connectivity index (χ2v) is 5.68. The lowest BCUT2D eigenvalue weighted by atomic mass is 9.95. The van der Waals surface area contributed by atoms with Crippen LogP contribution >= 0.6 is 0 Å². The summed E-state index contributed by atoms with van der Waals surface area (Å²) in [5, 5.41) is 14.2. The molecule has 0 aliphatic carbocycles. The van der Waals surface area contributed by atoms with Crippen molar-refractivity contribution in [2.24, 2.45) is 5.92 Å². The Morgan fingerprint density at radius 3 is 2.86 bits per heavy atom. The van der Waals surface area contributed by atoms with Gasteiger partial charge in [0.05, 0.1) is 19.2 Å². The van der Waals surface area contributed by atoms with Gasteiger partial charge in [-0.1, -0.05) is 6.92 Å². The first-order chi connectivity index (χ1) is 10.1. The number of allylic oxidation sites excluding steroid dienone is 2. The highest BCUT2D eigenvalue weighted by molar-refractivity contribution is 5.76. The van der Waals surface area contributed by atoms with Crippen LogP contribution in [0.3, 0.4) is 0 Å². The van der Waals surface area contributed by atoms with E-state index in [2.05, 4.69) is 36.8 Å². The Morgan fingerprint density at radius 1 is 1.43 bits per heavy atom. The first kappa shape index (κ1) is 14.0. The topological polar surface area (TPSA) is 45.0 Å². The molecule has 0 aromatic carbocycles. The van der Waals surface area contributed by atoms with Crippen LogP contribution in [0.5, 0.6) is 0 Å². The summed E-state index contributed by atoms with van der Waals surface area (Å²) in [7, 11) is 1.64. The highest BCUT2D eigenvalue weighted by Crippen LogP contribution is 2.37. The maximum absolute atomic E-state index is 12.5. The lowest BCUT2D eigenvalue weighted by Gasteiger charge is -2.39. The summed E-state index contributed by atoms with van der Waals surface area (Å²) in [5.41, 5.74) is 2.90. The highest BCUT2D eigenvalue weighted by atomic mass is 16.7. The van der Waals surface area contributed by atoms with Crippen molar-refractivity contribution < 1.29 is 9.58 Å². The molecule has 3 aliphatic heterocycles. The molecule has 114 valence electrons. The molecule has 6 nitrogen and oxygen atoms in total. The summed E-state index contributed by atoms with van der Waals surface area (Å²) >= 11 is 0. The molecule has 1 unspecified atom stereocenters. The van der Waals surface area contributed by atoms with Gasteiger partial charge in [0.2, 0.25) is 11.9 Å². The largest absolute Gasteiger partial charge is 0.618 e. The molecular formula is C15H22N4O2. The van der Waals surface area contributed by atoms with Crippen molar-refractivity contribution in [3.8, 4) is 0 Å². The van der Waals surface area contributed by atoms with E-state index in [0.717, 1.165) is 34.9 Å². The minimum absolute atomic E-state index is 0.125. The van der Waals surface area contributed by atoms with Gasteiger partial charge in [-0.3, -0.25) is 9.74 Å². The number of hydrogen-bond donors (Lipinski definition) is 0. The molecule has 0 saturated heterocycles. The van der Waals surface area contributed by atoms with Gasteiger partial charge in [0, 0.05) is 12.7 Å². The average Bonchev–Trinajstić information content (AvgIpc) is 2.86. The van der Waals surface area contributed by atoms with E-state index in [-0.39, 0.29) is 5.92 Å². The van der Waals surface area contributed by atoms with Crippen LogP contribution in [-0.4, -0.2) is 46.1 Å². The van der Waals surface area contributed by atoms with Crippen molar-refractivity contribution in [1.29, 1.82) is 0 Å². The van der Waals surface area contributed by atoms with E-state index in [0.29, 0.717) is 6.67 Å². The minimum Gasteiger partial charge on any atom is -0.618 e. The van der Waals surface area contributed by atoms with Crippen LogP contribution in [0.1, 0.15) is 27.2 Å². The molecule has 0 saturated carbocycles. The van der Waals surface area contributed by atoms with E-state index in [1.54, 1.807) is 18.4 Å². The van der Waals surface area contributed by atoms with E-state index in [9.17, 15) is 5.21 Å². The Balaban J connectivity index is 2.07. The maximum atomic E-state index is 12.5. The van der Waals surface area contributed by atoms with Crippen LogP contribution in [0.15, 0.2) is 35.2 Å². The molecule has 21 heavy (non-hydrogen) atoms. The Bertz CT molecular complexity index is 576. The molecule has 0 aromatic rings. The molecule has 0 aromatic heterocycles. The Labute approximate surface area is 125 Å². The number of hydroxylamine groups is 3. The quantitative estimate of drug-likeness (QED) is 0.587. The van der Waals surface area contributed by atoms with Crippen molar-refractivity contribution in [3.05, 3.63) is 40.4 Å². The Hall–Kier alpha value is -1.95. The normalized spacial score (nSPS) is 24.7. The van der Waals surface area contributed by atoms with Crippen LogP contribution in [0.4, 0.5) is 0 Å². The molecule has 1 atom stereocenters. The predicted octanol–water partition coefficient (Wildman–Crippen LogP) is 1.99. The van der Waals surface area contributed by atoms with Gasteiger partial charge in [-0.25, -0.2) is 5.06 Å². The molecule has 3 heterocycles. The van der Waals surface area contributed by atoms with Gasteiger partial charge in [0.15, 0.2) is 5.82 Å². The zero-order valence-electron chi connectivity index (χ0n) is 13.0. The highest BCUT2D eigenvalue weighted by Gasteiger charge is 2.41. The van der Waals surface area contributed by atoms with Gasteiger partial charge in [0.1, 0.15) is 12.4 Å². The lowest BCUT2D eigenvalue weighted by molar-refractivity contribution is -0.411. The summed E-state index contributed by atoms with van der Waals surface area (Å²) in [6.07, 6.45) is 6.68. The van der Waals surface area contributed by atoms with Crippen molar-refractivity contribution in [3.63, 3.8) is 0 Å². The minimum atomic E-state index is 0.125. The summed E-state index contributed by atoms with van der Waals surface area (Å²) < 4.78 is 1.01. The number of fused-ring (bicyclic) bond motifs is 2. The average molecular weight is 290 g/mol. The third-order valence-electron chi connectivity index (χ3n) is 4.26. The van der Waals surface area contributed by atoms with Gasteiger partial charge >= 0.3 is 0 Å². The SMILES string of the molecule is CCCN1C=C(C)C(C)C2=C1N1CN(OC)C=C1C=[N+]2[O-]. The van der Waals surface area contributed by atoms with Crippen LogP contribution < -0.4 is 0 Å². The first-order valence-corrected chi connectivity index (χ1v) is 7.37. The lowest BCUT2D eigenvalue weighted by Crippen LogP contribution is -2.43. The zero-order chi connectivity index (χ0) is 15.1. The molecule has 0 spiro atoms. The molecular weight excluding hydrogens is 268 g/mol. The second kappa shape index (κ2) is 5.11. The van der Waals surface area contributed by atoms with E-state index in [1.807, 2.05) is 6.20 Å². The summed E-state index contributed by atoms with van der Waals surface area (Å²) in [6, 6.07) is 0.